The minimum Gasteiger partial charge on any atom is -0.388 e. The summed E-state index contributed by atoms with van der Waals surface area (Å²) in [5.41, 5.74) is 5.05. The molecule has 1 saturated carbocycles. The van der Waals surface area contributed by atoms with Gasteiger partial charge in [0.05, 0.1) is 11.6 Å². The van der Waals surface area contributed by atoms with E-state index >= 15 is 0 Å². The highest BCUT2D eigenvalue weighted by Gasteiger charge is 2.34. The molecule has 88 valence electrons. The number of carbonyl (C=O) groups excluding carboxylic acids is 1. The highest BCUT2D eigenvalue weighted by atomic mass is 16.3. The lowest BCUT2D eigenvalue weighted by molar-refractivity contribution is -0.125. The van der Waals surface area contributed by atoms with Crippen molar-refractivity contribution in [1.82, 2.24) is 5.32 Å². The third kappa shape index (κ3) is 3.80. The van der Waals surface area contributed by atoms with Gasteiger partial charge >= 0.3 is 0 Å². The van der Waals surface area contributed by atoms with E-state index < -0.39 is 11.6 Å². The van der Waals surface area contributed by atoms with Gasteiger partial charge in [-0.3, -0.25) is 4.79 Å². The number of hydrogen-bond acceptors (Lipinski definition) is 3. The maximum Gasteiger partial charge on any atom is 0.237 e. The maximum atomic E-state index is 11.5. The normalized spacial score (nSPS) is 20.9. The molecule has 0 bridgehead atoms. The van der Waals surface area contributed by atoms with Crippen LogP contribution in [0.4, 0.5) is 0 Å². The Hall–Kier alpha value is -0.610. The summed E-state index contributed by atoms with van der Waals surface area (Å²) in [5.74, 6) is 0.265. The summed E-state index contributed by atoms with van der Waals surface area (Å²) in [5, 5.41) is 12.5. The van der Waals surface area contributed by atoms with E-state index in [4.69, 9.17) is 5.73 Å². The van der Waals surface area contributed by atoms with Crippen molar-refractivity contribution in [3.63, 3.8) is 0 Å². The van der Waals surface area contributed by atoms with Crippen LogP contribution in [0, 0.1) is 5.92 Å². The SMILES string of the molecule is CC(C)C[C@H](N)C(=O)NCC1(O)CCC1. The molecule has 0 aliphatic heterocycles. The first-order chi connectivity index (χ1) is 6.93. The van der Waals surface area contributed by atoms with Crippen LogP contribution in [0.3, 0.4) is 0 Å². The van der Waals surface area contributed by atoms with E-state index in [9.17, 15) is 9.90 Å². The average Bonchev–Trinajstić information content (AvgIpc) is 2.10. The van der Waals surface area contributed by atoms with Gasteiger partial charge in [0.25, 0.3) is 0 Å². The van der Waals surface area contributed by atoms with Crippen LogP contribution in [0.2, 0.25) is 0 Å². The van der Waals surface area contributed by atoms with Crippen LogP contribution < -0.4 is 11.1 Å². The maximum absolute atomic E-state index is 11.5. The smallest absolute Gasteiger partial charge is 0.237 e. The van der Waals surface area contributed by atoms with Gasteiger partial charge in [-0.2, -0.15) is 0 Å². The Kier molecular flexibility index (Phi) is 4.11. The predicted octanol–water partition coefficient (Wildman–Crippen LogP) is 0.391. The first kappa shape index (κ1) is 12.5. The molecular formula is C11H22N2O2. The van der Waals surface area contributed by atoms with Crippen LogP contribution in [0.5, 0.6) is 0 Å². The predicted molar refractivity (Wildman–Crippen MR) is 59.2 cm³/mol. The second-order valence-electron chi connectivity index (χ2n) is 5.03. The van der Waals surface area contributed by atoms with Gasteiger partial charge in [0, 0.05) is 6.54 Å². The van der Waals surface area contributed by atoms with Crippen LogP contribution in [0.25, 0.3) is 0 Å². The fourth-order valence-electron chi connectivity index (χ4n) is 1.76. The molecule has 0 radical (unpaired) electrons. The zero-order valence-electron chi connectivity index (χ0n) is 9.62. The van der Waals surface area contributed by atoms with E-state index in [-0.39, 0.29) is 5.91 Å². The largest absolute Gasteiger partial charge is 0.388 e. The minimum absolute atomic E-state index is 0.149. The van der Waals surface area contributed by atoms with Crippen molar-refractivity contribution < 1.29 is 9.90 Å². The molecule has 1 rings (SSSR count). The Bertz CT molecular complexity index is 225. The Balaban J connectivity index is 2.23. The summed E-state index contributed by atoms with van der Waals surface area (Å²) in [6, 6.07) is -0.450. The lowest BCUT2D eigenvalue weighted by Crippen LogP contribution is -2.51. The lowest BCUT2D eigenvalue weighted by Gasteiger charge is -2.36. The molecule has 0 saturated heterocycles. The van der Waals surface area contributed by atoms with Crippen molar-refractivity contribution in [3.05, 3.63) is 0 Å². The molecule has 4 nitrogen and oxygen atoms in total. The summed E-state index contributed by atoms with van der Waals surface area (Å²) >= 11 is 0. The van der Waals surface area contributed by atoms with E-state index in [1.807, 2.05) is 13.8 Å². The number of rotatable bonds is 5. The second-order valence-corrected chi connectivity index (χ2v) is 5.03. The number of amides is 1. The molecule has 1 aliphatic carbocycles. The average molecular weight is 214 g/mol. The summed E-state index contributed by atoms with van der Waals surface area (Å²) < 4.78 is 0. The third-order valence-corrected chi connectivity index (χ3v) is 2.94. The Morgan fingerprint density at radius 1 is 1.53 bits per heavy atom. The molecule has 1 fully saturated rings. The number of nitrogens with two attached hydrogens (primary N) is 1. The molecule has 0 aromatic carbocycles. The van der Waals surface area contributed by atoms with Gasteiger partial charge < -0.3 is 16.2 Å². The van der Waals surface area contributed by atoms with Gasteiger partial charge in [-0.05, 0) is 31.6 Å². The summed E-state index contributed by atoms with van der Waals surface area (Å²) in [4.78, 5) is 11.5. The van der Waals surface area contributed by atoms with Gasteiger partial charge in [0.15, 0.2) is 0 Å². The molecule has 0 aromatic rings. The Labute approximate surface area is 91.2 Å². The molecular weight excluding hydrogens is 192 g/mol. The zero-order valence-corrected chi connectivity index (χ0v) is 9.62. The Morgan fingerprint density at radius 2 is 2.13 bits per heavy atom. The van der Waals surface area contributed by atoms with Crippen molar-refractivity contribution in [3.8, 4) is 0 Å². The van der Waals surface area contributed by atoms with E-state index in [1.165, 1.54) is 0 Å². The Morgan fingerprint density at radius 3 is 2.53 bits per heavy atom. The van der Waals surface area contributed by atoms with E-state index in [0.29, 0.717) is 18.9 Å². The number of carbonyl (C=O) groups is 1. The standard InChI is InChI=1S/C11H22N2O2/c1-8(2)6-9(12)10(14)13-7-11(15)4-3-5-11/h8-9,15H,3-7,12H2,1-2H3,(H,13,14)/t9-/m0/s1. The summed E-state index contributed by atoms with van der Waals surface area (Å²) in [6.07, 6.45) is 3.30. The molecule has 0 aromatic heterocycles. The quantitative estimate of drug-likeness (QED) is 0.619. The highest BCUT2D eigenvalue weighted by molar-refractivity contribution is 5.81. The molecule has 15 heavy (non-hydrogen) atoms. The van der Waals surface area contributed by atoms with E-state index in [2.05, 4.69) is 5.32 Å². The first-order valence-electron chi connectivity index (χ1n) is 5.69. The van der Waals surface area contributed by atoms with Gasteiger partial charge in [-0.25, -0.2) is 0 Å². The van der Waals surface area contributed by atoms with Gasteiger partial charge in [0.1, 0.15) is 0 Å². The van der Waals surface area contributed by atoms with Crippen molar-refractivity contribution in [1.29, 1.82) is 0 Å². The number of aliphatic hydroxyl groups is 1. The lowest BCUT2D eigenvalue weighted by atomic mass is 9.80. The van der Waals surface area contributed by atoms with E-state index in [1.54, 1.807) is 0 Å². The highest BCUT2D eigenvalue weighted by Crippen LogP contribution is 2.30. The van der Waals surface area contributed by atoms with Crippen LogP contribution in [-0.2, 0) is 4.79 Å². The van der Waals surface area contributed by atoms with Crippen molar-refractivity contribution in [2.75, 3.05) is 6.54 Å². The summed E-state index contributed by atoms with van der Waals surface area (Å²) in [7, 11) is 0. The molecule has 4 heteroatoms. The van der Waals surface area contributed by atoms with Crippen LogP contribution in [-0.4, -0.2) is 29.2 Å². The van der Waals surface area contributed by atoms with Crippen LogP contribution in [0.1, 0.15) is 39.5 Å². The fraction of sp³-hybridized carbons (Fsp3) is 0.909. The molecule has 1 aliphatic rings. The topological polar surface area (TPSA) is 75.4 Å². The third-order valence-electron chi connectivity index (χ3n) is 2.94. The number of hydrogen-bond donors (Lipinski definition) is 3. The zero-order chi connectivity index (χ0) is 11.5. The molecule has 1 amide bonds. The monoisotopic (exact) mass is 214 g/mol. The van der Waals surface area contributed by atoms with Gasteiger partial charge in [-0.15, -0.1) is 0 Å². The fourth-order valence-corrected chi connectivity index (χ4v) is 1.76. The van der Waals surface area contributed by atoms with Crippen molar-refractivity contribution in [2.45, 2.75) is 51.2 Å². The second kappa shape index (κ2) is 4.94. The van der Waals surface area contributed by atoms with Crippen molar-refractivity contribution in [2.24, 2.45) is 11.7 Å². The molecule has 0 heterocycles. The van der Waals surface area contributed by atoms with Crippen LogP contribution >= 0.6 is 0 Å². The van der Waals surface area contributed by atoms with Gasteiger partial charge in [-0.1, -0.05) is 13.8 Å². The summed E-state index contributed by atoms with van der Waals surface area (Å²) in [6.45, 7) is 4.41. The number of nitrogens with one attached hydrogen (secondary N) is 1. The molecule has 0 unspecified atom stereocenters. The molecule has 4 N–H and O–H groups in total. The van der Waals surface area contributed by atoms with E-state index in [0.717, 1.165) is 19.3 Å². The first-order valence-corrected chi connectivity index (χ1v) is 5.69. The van der Waals surface area contributed by atoms with Gasteiger partial charge in [0.2, 0.25) is 5.91 Å². The van der Waals surface area contributed by atoms with Crippen molar-refractivity contribution >= 4 is 5.91 Å². The van der Waals surface area contributed by atoms with Crippen LogP contribution in [0.15, 0.2) is 0 Å². The molecule has 0 spiro atoms. The minimum atomic E-state index is -0.660. The molecule has 1 atom stereocenters.